The minimum atomic E-state index is -0.714. The van der Waals surface area contributed by atoms with Crippen molar-refractivity contribution in [2.24, 2.45) is 0 Å². The standard InChI is InChI=1S/C12H10IN3O3/c1-12(5-19-11(18)16-12)10-14-4-6-7(15-10)2-3-8(17)9(6)13/h2-4,17H,5H2,1H3,(H,16,18)/t12-/m0/s1. The number of nitrogens with zero attached hydrogens (tertiary/aromatic N) is 2. The lowest BCUT2D eigenvalue weighted by Gasteiger charge is -2.19. The van der Waals surface area contributed by atoms with Gasteiger partial charge < -0.3 is 15.2 Å². The smallest absolute Gasteiger partial charge is 0.408 e. The van der Waals surface area contributed by atoms with E-state index in [2.05, 4.69) is 15.3 Å². The molecule has 2 aromatic rings. The number of carbonyl (C=O) groups excluding carboxylic acids is 1. The molecule has 1 amide bonds. The molecule has 19 heavy (non-hydrogen) atoms. The number of aromatic nitrogens is 2. The van der Waals surface area contributed by atoms with E-state index in [0.29, 0.717) is 9.39 Å². The second-order valence-electron chi connectivity index (χ2n) is 4.56. The number of hydrogen-bond acceptors (Lipinski definition) is 5. The van der Waals surface area contributed by atoms with E-state index in [4.69, 9.17) is 4.74 Å². The normalized spacial score (nSPS) is 22.3. The zero-order valence-corrected chi connectivity index (χ0v) is 12.1. The minimum absolute atomic E-state index is 0.201. The van der Waals surface area contributed by atoms with Crippen LogP contribution in [0.25, 0.3) is 10.9 Å². The van der Waals surface area contributed by atoms with Crippen LogP contribution in [0.4, 0.5) is 4.79 Å². The fourth-order valence-electron chi connectivity index (χ4n) is 1.95. The summed E-state index contributed by atoms with van der Waals surface area (Å²) in [6.45, 7) is 2.01. The number of phenols is 1. The van der Waals surface area contributed by atoms with Crippen molar-refractivity contribution in [1.82, 2.24) is 15.3 Å². The van der Waals surface area contributed by atoms with Crippen LogP contribution in [0.2, 0.25) is 0 Å². The van der Waals surface area contributed by atoms with Crippen LogP contribution in [0, 0.1) is 3.57 Å². The van der Waals surface area contributed by atoms with Gasteiger partial charge in [0.15, 0.2) is 5.82 Å². The van der Waals surface area contributed by atoms with Crippen LogP contribution in [-0.2, 0) is 10.3 Å². The topological polar surface area (TPSA) is 84.3 Å². The summed E-state index contributed by atoms with van der Waals surface area (Å²) in [4.78, 5) is 19.9. The number of halogens is 1. The van der Waals surface area contributed by atoms with E-state index in [1.165, 1.54) is 0 Å². The number of aromatic hydroxyl groups is 1. The highest BCUT2D eigenvalue weighted by atomic mass is 127. The Balaban J connectivity index is 2.13. The molecule has 6 nitrogen and oxygen atoms in total. The molecular weight excluding hydrogens is 361 g/mol. The molecule has 1 aromatic heterocycles. The second-order valence-corrected chi connectivity index (χ2v) is 5.64. The van der Waals surface area contributed by atoms with Gasteiger partial charge in [0, 0.05) is 11.6 Å². The molecule has 0 saturated carbocycles. The van der Waals surface area contributed by atoms with Gasteiger partial charge in [0.2, 0.25) is 0 Å². The number of ether oxygens (including phenoxy) is 1. The number of hydrogen-bond donors (Lipinski definition) is 2. The van der Waals surface area contributed by atoms with Crippen molar-refractivity contribution < 1.29 is 14.6 Å². The van der Waals surface area contributed by atoms with Gasteiger partial charge in [-0.25, -0.2) is 14.8 Å². The summed E-state index contributed by atoms with van der Waals surface area (Å²) in [5.41, 5.74) is 0.00350. The number of cyclic esters (lactones) is 1. The van der Waals surface area contributed by atoms with Crippen molar-refractivity contribution in [1.29, 1.82) is 0 Å². The zero-order chi connectivity index (χ0) is 13.6. The Hall–Kier alpha value is -1.64. The summed E-state index contributed by atoms with van der Waals surface area (Å²) in [5.74, 6) is 0.695. The first-order valence-corrected chi connectivity index (χ1v) is 6.67. The molecule has 3 rings (SSSR count). The molecule has 1 fully saturated rings. The number of nitrogens with one attached hydrogen (secondary N) is 1. The number of alkyl carbamates (subject to hydrolysis) is 1. The van der Waals surface area contributed by atoms with Gasteiger partial charge in [-0.1, -0.05) is 0 Å². The Morgan fingerprint density at radius 1 is 1.53 bits per heavy atom. The van der Waals surface area contributed by atoms with E-state index in [1.54, 1.807) is 18.3 Å². The monoisotopic (exact) mass is 371 g/mol. The quantitative estimate of drug-likeness (QED) is 0.749. The van der Waals surface area contributed by atoms with Gasteiger partial charge in [-0.15, -0.1) is 0 Å². The van der Waals surface area contributed by atoms with E-state index in [-0.39, 0.29) is 12.4 Å². The molecule has 0 radical (unpaired) electrons. The third-order valence-corrected chi connectivity index (χ3v) is 4.18. The van der Waals surface area contributed by atoms with Gasteiger partial charge in [0.1, 0.15) is 17.9 Å². The number of rotatable bonds is 1. The second kappa shape index (κ2) is 4.19. The van der Waals surface area contributed by atoms with Crippen molar-refractivity contribution >= 4 is 39.6 Å². The fraction of sp³-hybridized carbons (Fsp3) is 0.250. The average molecular weight is 371 g/mol. The molecule has 7 heteroatoms. The number of amides is 1. The molecule has 1 aliphatic rings. The number of benzene rings is 1. The van der Waals surface area contributed by atoms with Crippen LogP contribution in [0.5, 0.6) is 5.75 Å². The van der Waals surface area contributed by atoms with Crippen molar-refractivity contribution in [2.75, 3.05) is 6.61 Å². The van der Waals surface area contributed by atoms with Gasteiger partial charge in [0.25, 0.3) is 0 Å². The molecule has 1 aliphatic heterocycles. The highest BCUT2D eigenvalue weighted by Gasteiger charge is 2.39. The van der Waals surface area contributed by atoms with E-state index in [1.807, 2.05) is 29.5 Å². The molecule has 0 spiro atoms. The van der Waals surface area contributed by atoms with E-state index >= 15 is 0 Å². The first-order chi connectivity index (χ1) is 8.99. The fourth-order valence-corrected chi connectivity index (χ4v) is 2.55. The largest absolute Gasteiger partial charge is 0.507 e. The van der Waals surface area contributed by atoms with Crippen LogP contribution in [-0.4, -0.2) is 27.8 Å². The van der Waals surface area contributed by atoms with E-state index in [9.17, 15) is 9.90 Å². The zero-order valence-electron chi connectivity index (χ0n) is 9.98. The third kappa shape index (κ3) is 1.97. The molecule has 98 valence electrons. The Morgan fingerprint density at radius 2 is 2.32 bits per heavy atom. The summed E-state index contributed by atoms with van der Waals surface area (Å²) in [5, 5.41) is 13.1. The molecule has 1 aromatic carbocycles. The minimum Gasteiger partial charge on any atom is -0.507 e. The molecule has 2 heterocycles. The van der Waals surface area contributed by atoms with Gasteiger partial charge in [-0.2, -0.15) is 0 Å². The van der Waals surface area contributed by atoms with Gasteiger partial charge in [-0.05, 0) is 41.6 Å². The Kier molecular flexibility index (Phi) is 2.73. The predicted octanol–water partition coefficient (Wildman–Crippen LogP) is 1.89. The van der Waals surface area contributed by atoms with Crippen LogP contribution >= 0.6 is 22.6 Å². The Bertz CT molecular complexity index is 691. The maximum Gasteiger partial charge on any atom is 0.408 e. The highest BCUT2D eigenvalue weighted by molar-refractivity contribution is 14.1. The average Bonchev–Trinajstić information content (AvgIpc) is 2.75. The van der Waals surface area contributed by atoms with Crippen molar-refractivity contribution in [3.63, 3.8) is 0 Å². The lowest BCUT2D eigenvalue weighted by atomic mass is 10.0. The summed E-state index contributed by atoms with van der Waals surface area (Å²) in [6, 6.07) is 3.31. The molecule has 0 bridgehead atoms. The molecule has 1 atom stereocenters. The maximum atomic E-state index is 11.2. The van der Waals surface area contributed by atoms with Crippen LogP contribution in [0.15, 0.2) is 18.3 Å². The molecule has 2 N–H and O–H groups in total. The lowest BCUT2D eigenvalue weighted by Crippen LogP contribution is -2.39. The molecular formula is C12H10IN3O3. The summed E-state index contributed by atoms with van der Waals surface area (Å²) in [7, 11) is 0. The van der Waals surface area contributed by atoms with Crippen LogP contribution in [0.1, 0.15) is 12.7 Å². The molecule has 0 unspecified atom stereocenters. The third-order valence-electron chi connectivity index (χ3n) is 3.04. The molecule has 0 aliphatic carbocycles. The number of carbonyl (C=O) groups is 1. The van der Waals surface area contributed by atoms with Crippen molar-refractivity contribution in [3.05, 3.63) is 27.7 Å². The Morgan fingerprint density at radius 3 is 3.00 bits per heavy atom. The predicted molar refractivity (Wildman–Crippen MR) is 75.8 cm³/mol. The SMILES string of the molecule is C[C@@]1(c2ncc3c(I)c(O)ccc3n2)COC(=O)N1. The van der Waals surface area contributed by atoms with Gasteiger partial charge in [0.05, 0.1) is 9.09 Å². The van der Waals surface area contributed by atoms with Crippen molar-refractivity contribution in [2.45, 2.75) is 12.5 Å². The first-order valence-electron chi connectivity index (χ1n) is 5.59. The van der Waals surface area contributed by atoms with Crippen LogP contribution < -0.4 is 5.32 Å². The number of phenolic OH excluding ortho intramolecular Hbond substituents is 1. The maximum absolute atomic E-state index is 11.2. The summed E-state index contributed by atoms with van der Waals surface area (Å²) >= 11 is 2.05. The van der Waals surface area contributed by atoms with E-state index < -0.39 is 11.6 Å². The summed E-state index contributed by atoms with van der Waals surface area (Å²) < 4.78 is 5.61. The van der Waals surface area contributed by atoms with Crippen LogP contribution in [0.3, 0.4) is 0 Å². The highest BCUT2D eigenvalue weighted by Crippen LogP contribution is 2.29. The van der Waals surface area contributed by atoms with Gasteiger partial charge >= 0.3 is 6.09 Å². The van der Waals surface area contributed by atoms with Gasteiger partial charge in [-0.3, -0.25) is 0 Å². The molecule has 1 saturated heterocycles. The number of fused-ring (bicyclic) bond motifs is 1. The summed E-state index contributed by atoms with van der Waals surface area (Å²) in [6.07, 6.45) is 1.18. The Labute approximate surface area is 122 Å². The lowest BCUT2D eigenvalue weighted by molar-refractivity contribution is 0.172. The first kappa shape index (κ1) is 12.4. The van der Waals surface area contributed by atoms with Crippen molar-refractivity contribution in [3.8, 4) is 5.75 Å². The van der Waals surface area contributed by atoms with E-state index in [0.717, 1.165) is 10.9 Å².